The average Bonchev–Trinajstić information content (AvgIpc) is 2.89. The van der Waals surface area contributed by atoms with Gasteiger partial charge in [0.25, 0.3) is 0 Å². The summed E-state index contributed by atoms with van der Waals surface area (Å²) in [6, 6.07) is 8.65. The van der Waals surface area contributed by atoms with Gasteiger partial charge in [0.15, 0.2) is 0 Å². The van der Waals surface area contributed by atoms with Crippen LogP contribution >= 0.6 is 11.6 Å². The van der Waals surface area contributed by atoms with Gasteiger partial charge in [-0.15, -0.1) is 11.6 Å². The van der Waals surface area contributed by atoms with Crippen LogP contribution in [0, 0.1) is 6.92 Å². The number of halogens is 1. The molecule has 2 atom stereocenters. The summed E-state index contributed by atoms with van der Waals surface area (Å²) in [5.74, 6) is 1.12. The zero-order valence-corrected chi connectivity index (χ0v) is 13.9. The Morgan fingerprint density at radius 3 is 2.67 bits per heavy atom. The molecule has 2 aliphatic rings. The van der Waals surface area contributed by atoms with Crippen molar-refractivity contribution in [3.05, 3.63) is 35.4 Å². The monoisotopic (exact) mass is 306 g/mol. The Labute approximate surface area is 134 Å². The van der Waals surface area contributed by atoms with Gasteiger partial charge in [-0.05, 0) is 50.2 Å². The van der Waals surface area contributed by atoms with Crippen molar-refractivity contribution in [1.82, 2.24) is 0 Å². The maximum Gasteiger partial charge on any atom is 0.0687 e. The van der Waals surface area contributed by atoms with Gasteiger partial charge in [0.1, 0.15) is 0 Å². The van der Waals surface area contributed by atoms with Crippen molar-refractivity contribution in [3.63, 3.8) is 0 Å². The normalized spacial score (nSPS) is 26.1. The Morgan fingerprint density at radius 2 is 1.95 bits per heavy atom. The Kier molecular flexibility index (Phi) is 4.91. The van der Waals surface area contributed by atoms with Crippen LogP contribution in [-0.2, 0) is 4.74 Å². The number of hydrogen-bond acceptors (Lipinski definition) is 1. The highest BCUT2D eigenvalue weighted by molar-refractivity contribution is 6.18. The van der Waals surface area contributed by atoms with Crippen LogP contribution in [0.2, 0.25) is 0 Å². The fraction of sp³-hybridized carbons (Fsp3) is 0.684. The zero-order chi connectivity index (χ0) is 14.7. The lowest BCUT2D eigenvalue weighted by molar-refractivity contribution is -0.0669. The molecule has 3 rings (SSSR count). The fourth-order valence-electron chi connectivity index (χ4n) is 4.26. The summed E-state index contributed by atoms with van der Waals surface area (Å²) in [5.41, 5.74) is 2.99. The molecule has 1 aromatic carbocycles. The molecule has 1 saturated carbocycles. The van der Waals surface area contributed by atoms with Crippen LogP contribution < -0.4 is 0 Å². The van der Waals surface area contributed by atoms with Crippen LogP contribution in [0.4, 0.5) is 0 Å². The standard InChI is InChI=1S/C19H27ClO/c1-15-7-3-4-8-18(15)16(14-20)13-17-9-12-19(21-17)10-5-2-6-11-19/h3-4,7-8,16-17H,2,5-6,9-14H2,1H3. The van der Waals surface area contributed by atoms with E-state index in [0.29, 0.717) is 17.9 Å². The Hall–Kier alpha value is -0.530. The van der Waals surface area contributed by atoms with E-state index >= 15 is 0 Å². The second kappa shape index (κ2) is 6.71. The van der Waals surface area contributed by atoms with Crippen LogP contribution in [0.5, 0.6) is 0 Å². The number of ether oxygens (including phenoxy) is 1. The summed E-state index contributed by atoms with van der Waals surface area (Å²) in [5, 5.41) is 0. The van der Waals surface area contributed by atoms with Gasteiger partial charge in [-0.3, -0.25) is 0 Å². The van der Waals surface area contributed by atoms with Gasteiger partial charge in [-0.25, -0.2) is 0 Å². The number of alkyl halides is 1. The van der Waals surface area contributed by atoms with Crippen molar-refractivity contribution in [3.8, 4) is 0 Å². The Bertz CT molecular complexity index is 464. The smallest absolute Gasteiger partial charge is 0.0687 e. The number of benzene rings is 1. The van der Waals surface area contributed by atoms with Crippen molar-refractivity contribution in [2.75, 3.05) is 5.88 Å². The number of rotatable bonds is 4. The van der Waals surface area contributed by atoms with E-state index in [4.69, 9.17) is 16.3 Å². The quantitative estimate of drug-likeness (QED) is 0.659. The van der Waals surface area contributed by atoms with Crippen molar-refractivity contribution in [2.45, 2.75) is 75.9 Å². The summed E-state index contributed by atoms with van der Waals surface area (Å²) in [7, 11) is 0. The molecule has 0 bridgehead atoms. The fourth-order valence-corrected chi connectivity index (χ4v) is 4.55. The summed E-state index contributed by atoms with van der Waals surface area (Å²) in [6.45, 7) is 2.19. The van der Waals surface area contributed by atoms with E-state index in [-0.39, 0.29) is 5.60 Å². The van der Waals surface area contributed by atoms with Gasteiger partial charge in [-0.1, -0.05) is 43.5 Å². The highest BCUT2D eigenvalue weighted by Crippen LogP contribution is 2.44. The SMILES string of the molecule is Cc1ccccc1C(CCl)CC1CCC2(CCCCC2)O1. The third kappa shape index (κ3) is 3.46. The maximum atomic E-state index is 6.52. The molecule has 1 heterocycles. The van der Waals surface area contributed by atoms with E-state index in [9.17, 15) is 0 Å². The molecule has 2 fully saturated rings. The minimum Gasteiger partial charge on any atom is -0.372 e. The maximum absolute atomic E-state index is 6.52. The van der Waals surface area contributed by atoms with E-state index in [1.807, 2.05) is 0 Å². The van der Waals surface area contributed by atoms with Crippen LogP contribution in [0.25, 0.3) is 0 Å². The molecule has 1 spiro atoms. The minimum absolute atomic E-state index is 0.228. The highest BCUT2D eigenvalue weighted by Gasteiger charge is 2.41. The lowest BCUT2D eigenvalue weighted by Crippen LogP contribution is -2.32. The van der Waals surface area contributed by atoms with Gasteiger partial charge in [0, 0.05) is 11.8 Å². The van der Waals surface area contributed by atoms with Crippen LogP contribution in [0.15, 0.2) is 24.3 Å². The summed E-state index contributed by atoms with van der Waals surface area (Å²) in [6.07, 6.45) is 10.6. The molecular weight excluding hydrogens is 280 g/mol. The van der Waals surface area contributed by atoms with Gasteiger partial charge in [0.05, 0.1) is 11.7 Å². The van der Waals surface area contributed by atoms with E-state index in [1.54, 1.807) is 0 Å². The molecule has 2 unspecified atom stereocenters. The lowest BCUT2D eigenvalue weighted by Gasteiger charge is -2.34. The molecule has 1 nitrogen and oxygen atoms in total. The molecule has 0 aromatic heterocycles. The molecule has 0 amide bonds. The van der Waals surface area contributed by atoms with E-state index < -0.39 is 0 Å². The van der Waals surface area contributed by atoms with Gasteiger partial charge < -0.3 is 4.74 Å². The molecule has 1 aromatic rings. The van der Waals surface area contributed by atoms with Crippen molar-refractivity contribution in [2.24, 2.45) is 0 Å². The van der Waals surface area contributed by atoms with Crippen molar-refractivity contribution >= 4 is 11.6 Å². The number of aryl methyl sites for hydroxylation is 1. The zero-order valence-electron chi connectivity index (χ0n) is 13.1. The van der Waals surface area contributed by atoms with Gasteiger partial charge in [0.2, 0.25) is 0 Å². The molecule has 1 aliphatic heterocycles. The molecule has 2 heteroatoms. The first-order chi connectivity index (χ1) is 10.2. The lowest BCUT2D eigenvalue weighted by atomic mass is 9.83. The number of hydrogen-bond donors (Lipinski definition) is 0. The minimum atomic E-state index is 0.228. The predicted octanol–water partition coefficient (Wildman–Crippen LogP) is 5.59. The molecule has 1 saturated heterocycles. The first-order valence-electron chi connectivity index (χ1n) is 8.52. The summed E-state index contributed by atoms with van der Waals surface area (Å²) < 4.78 is 6.52. The van der Waals surface area contributed by atoms with Crippen molar-refractivity contribution in [1.29, 1.82) is 0 Å². The topological polar surface area (TPSA) is 9.23 Å². The Balaban J connectivity index is 1.64. The summed E-state index contributed by atoms with van der Waals surface area (Å²) >= 11 is 6.27. The second-order valence-electron chi connectivity index (χ2n) is 6.97. The summed E-state index contributed by atoms with van der Waals surface area (Å²) in [4.78, 5) is 0. The third-order valence-electron chi connectivity index (χ3n) is 5.47. The first-order valence-corrected chi connectivity index (χ1v) is 9.05. The largest absolute Gasteiger partial charge is 0.372 e. The average molecular weight is 307 g/mol. The van der Waals surface area contributed by atoms with Crippen LogP contribution in [0.1, 0.15) is 68.4 Å². The molecule has 1 aliphatic carbocycles. The van der Waals surface area contributed by atoms with E-state index in [2.05, 4.69) is 31.2 Å². The molecule has 0 N–H and O–H groups in total. The molecule has 21 heavy (non-hydrogen) atoms. The van der Waals surface area contributed by atoms with E-state index in [1.165, 1.54) is 56.1 Å². The van der Waals surface area contributed by atoms with Gasteiger partial charge in [-0.2, -0.15) is 0 Å². The van der Waals surface area contributed by atoms with Crippen molar-refractivity contribution < 1.29 is 4.74 Å². The molecule has 0 radical (unpaired) electrons. The molecular formula is C19H27ClO. The first kappa shape index (κ1) is 15.4. The van der Waals surface area contributed by atoms with E-state index in [0.717, 1.165) is 6.42 Å². The molecule has 116 valence electrons. The highest BCUT2D eigenvalue weighted by atomic mass is 35.5. The van der Waals surface area contributed by atoms with Crippen LogP contribution in [0.3, 0.4) is 0 Å². The second-order valence-corrected chi connectivity index (χ2v) is 7.27. The predicted molar refractivity (Wildman–Crippen MR) is 89.2 cm³/mol. The van der Waals surface area contributed by atoms with Crippen LogP contribution in [-0.4, -0.2) is 17.6 Å². The Morgan fingerprint density at radius 1 is 1.19 bits per heavy atom. The van der Waals surface area contributed by atoms with Gasteiger partial charge >= 0.3 is 0 Å². The third-order valence-corrected chi connectivity index (χ3v) is 5.84.